The molecule has 1 aliphatic rings. The molecule has 0 bridgehead atoms. The van der Waals surface area contributed by atoms with Crippen LogP contribution < -0.4 is 0 Å². The van der Waals surface area contributed by atoms with Crippen LogP contribution in [0.1, 0.15) is 29.8 Å². The van der Waals surface area contributed by atoms with Crippen LogP contribution in [-0.4, -0.2) is 74.5 Å². The number of amides is 1. The smallest absolute Gasteiger partial charge is 0.274 e. The summed E-state index contributed by atoms with van der Waals surface area (Å²) in [6, 6.07) is 0. The molecule has 2 aromatic heterocycles. The van der Waals surface area contributed by atoms with Crippen LogP contribution in [0.5, 0.6) is 0 Å². The average molecular weight is 352 g/mol. The zero-order chi connectivity index (χ0) is 17.3. The van der Waals surface area contributed by atoms with Gasteiger partial charge in [0.25, 0.3) is 5.91 Å². The molecule has 3 rings (SSSR count). The Kier molecular flexibility index (Phi) is 4.76. The number of aliphatic hydroxyl groups is 1. The van der Waals surface area contributed by atoms with Crippen LogP contribution in [0.2, 0.25) is 5.02 Å². The molecule has 8 heteroatoms. The number of carbonyl (C=O) groups excluding carboxylic acids is 1. The fourth-order valence-electron chi connectivity index (χ4n) is 3.25. The van der Waals surface area contributed by atoms with Crippen LogP contribution in [0, 0.1) is 0 Å². The van der Waals surface area contributed by atoms with Crippen molar-refractivity contribution in [3.05, 3.63) is 29.3 Å². The largest absolute Gasteiger partial charge is 0.388 e. The topological polar surface area (TPSA) is 74.0 Å². The maximum absolute atomic E-state index is 12.7. The maximum Gasteiger partial charge on any atom is 0.274 e. The normalized spacial score (nSPS) is 22.1. The van der Waals surface area contributed by atoms with Gasteiger partial charge in [0.05, 0.1) is 16.8 Å². The molecule has 1 saturated heterocycles. The van der Waals surface area contributed by atoms with Crippen molar-refractivity contribution in [1.29, 1.82) is 0 Å². The summed E-state index contributed by atoms with van der Waals surface area (Å²) in [4.78, 5) is 24.9. The third-order valence-electron chi connectivity index (χ3n) is 4.31. The zero-order valence-electron chi connectivity index (χ0n) is 13.9. The Labute approximate surface area is 145 Å². The molecule has 1 aliphatic heterocycles. The molecular weight excluding hydrogens is 330 g/mol. The van der Waals surface area contributed by atoms with E-state index in [4.69, 9.17) is 11.6 Å². The minimum absolute atomic E-state index is 0.134. The summed E-state index contributed by atoms with van der Waals surface area (Å²) in [5, 5.41) is 11.2. The zero-order valence-corrected chi connectivity index (χ0v) is 14.7. The molecule has 3 heterocycles. The summed E-state index contributed by atoms with van der Waals surface area (Å²) in [6.07, 6.45) is 6.85. The number of likely N-dealkylation sites (N-methyl/N-ethyl adjacent to an activating group) is 1. The van der Waals surface area contributed by atoms with Crippen LogP contribution in [0.4, 0.5) is 0 Å². The summed E-state index contributed by atoms with van der Waals surface area (Å²) < 4.78 is 1.65. The number of halogens is 1. The van der Waals surface area contributed by atoms with Crippen LogP contribution in [0.25, 0.3) is 5.78 Å². The summed E-state index contributed by atoms with van der Waals surface area (Å²) in [5.74, 6) is 0.312. The average Bonchev–Trinajstić information content (AvgIpc) is 2.82. The van der Waals surface area contributed by atoms with Gasteiger partial charge >= 0.3 is 0 Å². The molecule has 0 aliphatic carbocycles. The predicted octanol–water partition coefficient (Wildman–Crippen LogP) is 1.30. The van der Waals surface area contributed by atoms with E-state index in [0.29, 0.717) is 49.0 Å². The van der Waals surface area contributed by atoms with Gasteiger partial charge in [0.15, 0.2) is 0 Å². The SMILES string of the molecule is CN(C)C[C@]1(O)CCCN(C(=O)c2cn3cc(Cl)cnc3n2)CC1. The molecule has 1 fully saturated rings. The second kappa shape index (κ2) is 6.66. The van der Waals surface area contributed by atoms with Gasteiger partial charge in [-0.2, -0.15) is 0 Å². The molecule has 1 amide bonds. The van der Waals surface area contributed by atoms with Crippen molar-refractivity contribution in [3.8, 4) is 0 Å². The minimum atomic E-state index is -0.744. The van der Waals surface area contributed by atoms with Crippen LogP contribution in [-0.2, 0) is 0 Å². The lowest BCUT2D eigenvalue weighted by Crippen LogP contribution is -2.41. The van der Waals surface area contributed by atoms with Crippen molar-refractivity contribution in [2.24, 2.45) is 0 Å². The highest BCUT2D eigenvalue weighted by atomic mass is 35.5. The van der Waals surface area contributed by atoms with E-state index < -0.39 is 5.60 Å². The molecule has 2 aromatic rings. The molecule has 24 heavy (non-hydrogen) atoms. The number of nitrogens with zero attached hydrogens (tertiary/aromatic N) is 5. The first-order valence-corrected chi connectivity index (χ1v) is 8.41. The van der Waals surface area contributed by atoms with Gasteiger partial charge in [-0.15, -0.1) is 0 Å². The molecule has 130 valence electrons. The first-order chi connectivity index (χ1) is 11.4. The van der Waals surface area contributed by atoms with Gasteiger partial charge in [0, 0.05) is 32.0 Å². The quantitative estimate of drug-likeness (QED) is 0.902. The van der Waals surface area contributed by atoms with E-state index in [1.54, 1.807) is 21.7 Å². The van der Waals surface area contributed by atoms with Gasteiger partial charge in [-0.1, -0.05) is 11.6 Å². The van der Waals surface area contributed by atoms with Crippen molar-refractivity contribution in [3.63, 3.8) is 0 Å². The molecule has 7 nitrogen and oxygen atoms in total. The maximum atomic E-state index is 12.7. The van der Waals surface area contributed by atoms with Crippen molar-refractivity contribution in [2.75, 3.05) is 33.7 Å². The third kappa shape index (κ3) is 3.68. The van der Waals surface area contributed by atoms with Crippen LogP contribution in [0.15, 0.2) is 18.6 Å². The van der Waals surface area contributed by atoms with Gasteiger partial charge in [0.1, 0.15) is 5.69 Å². The predicted molar refractivity (Wildman–Crippen MR) is 91.3 cm³/mol. The van der Waals surface area contributed by atoms with Crippen molar-refractivity contribution in [2.45, 2.75) is 24.9 Å². The number of imidazole rings is 1. The molecule has 0 spiro atoms. The van der Waals surface area contributed by atoms with Gasteiger partial charge in [-0.05, 0) is 33.4 Å². The molecule has 0 unspecified atom stereocenters. The monoisotopic (exact) mass is 351 g/mol. The van der Waals surface area contributed by atoms with E-state index in [-0.39, 0.29) is 5.91 Å². The molecule has 0 saturated carbocycles. The fraction of sp³-hybridized carbons (Fsp3) is 0.562. The number of carbonyl (C=O) groups is 1. The summed E-state index contributed by atoms with van der Waals surface area (Å²) in [6.45, 7) is 1.74. The van der Waals surface area contributed by atoms with E-state index in [2.05, 4.69) is 9.97 Å². The Morgan fingerprint density at radius 1 is 1.38 bits per heavy atom. The lowest BCUT2D eigenvalue weighted by atomic mass is 9.94. The number of likely N-dealkylation sites (tertiary alicyclic amines) is 1. The Bertz CT molecular complexity index is 747. The van der Waals surface area contributed by atoms with Crippen molar-refractivity contribution >= 4 is 23.3 Å². The highest BCUT2D eigenvalue weighted by molar-refractivity contribution is 6.30. The first kappa shape index (κ1) is 17.1. The number of hydrogen-bond acceptors (Lipinski definition) is 5. The first-order valence-electron chi connectivity index (χ1n) is 8.03. The standard InChI is InChI=1S/C16H22ClN5O2/c1-20(2)11-16(24)4-3-6-21(7-5-16)14(23)13-10-22-9-12(17)8-18-15(22)19-13/h8-10,24H,3-7,11H2,1-2H3/t16-/m0/s1. The van der Waals surface area contributed by atoms with Gasteiger partial charge in [-0.25, -0.2) is 9.97 Å². The van der Waals surface area contributed by atoms with Crippen molar-refractivity contribution in [1.82, 2.24) is 24.2 Å². The number of rotatable bonds is 3. The Hall–Kier alpha value is -1.70. The van der Waals surface area contributed by atoms with Crippen molar-refractivity contribution < 1.29 is 9.90 Å². The van der Waals surface area contributed by atoms with Gasteiger partial charge in [-0.3, -0.25) is 9.20 Å². The summed E-state index contributed by atoms with van der Waals surface area (Å²) >= 11 is 5.91. The molecular formula is C16H22ClN5O2. The Balaban J connectivity index is 1.74. The number of fused-ring (bicyclic) bond motifs is 1. The van der Waals surface area contributed by atoms with Gasteiger partial charge in [0.2, 0.25) is 5.78 Å². The van der Waals surface area contributed by atoms with E-state index in [9.17, 15) is 9.90 Å². The van der Waals surface area contributed by atoms with Gasteiger partial charge < -0.3 is 14.9 Å². The molecule has 1 atom stereocenters. The van der Waals surface area contributed by atoms with E-state index in [1.807, 2.05) is 19.0 Å². The third-order valence-corrected chi connectivity index (χ3v) is 4.51. The Morgan fingerprint density at radius 2 is 2.17 bits per heavy atom. The van der Waals surface area contributed by atoms with E-state index in [0.717, 1.165) is 6.42 Å². The number of hydrogen-bond donors (Lipinski definition) is 1. The Morgan fingerprint density at radius 3 is 2.92 bits per heavy atom. The van der Waals surface area contributed by atoms with Crippen LogP contribution >= 0.6 is 11.6 Å². The highest BCUT2D eigenvalue weighted by Crippen LogP contribution is 2.24. The lowest BCUT2D eigenvalue weighted by molar-refractivity contribution is 0.00303. The lowest BCUT2D eigenvalue weighted by Gasteiger charge is -2.29. The molecule has 0 aromatic carbocycles. The minimum Gasteiger partial charge on any atom is -0.388 e. The fourth-order valence-corrected chi connectivity index (χ4v) is 3.41. The summed E-state index contributed by atoms with van der Waals surface area (Å²) in [7, 11) is 3.89. The highest BCUT2D eigenvalue weighted by Gasteiger charge is 2.32. The second-order valence-corrected chi connectivity index (χ2v) is 7.15. The second-order valence-electron chi connectivity index (χ2n) is 6.71. The molecule has 0 radical (unpaired) electrons. The summed E-state index contributed by atoms with van der Waals surface area (Å²) in [5.41, 5.74) is -0.394. The van der Waals surface area contributed by atoms with E-state index >= 15 is 0 Å². The van der Waals surface area contributed by atoms with Crippen LogP contribution in [0.3, 0.4) is 0 Å². The molecule has 1 N–H and O–H groups in total. The number of aromatic nitrogens is 3. The van der Waals surface area contributed by atoms with E-state index in [1.165, 1.54) is 6.20 Å².